The molecule has 1 aromatic heterocycles. The maximum atomic E-state index is 11.4. The summed E-state index contributed by atoms with van der Waals surface area (Å²) >= 11 is 7.42. The van der Waals surface area contributed by atoms with E-state index in [1.165, 1.54) is 29.5 Å². The van der Waals surface area contributed by atoms with Crippen molar-refractivity contribution in [1.29, 1.82) is 0 Å². The summed E-state index contributed by atoms with van der Waals surface area (Å²) < 4.78 is 32.5. The van der Waals surface area contributed by atoms with Crippen LogP contribution in [-0.2, 0) is 16.5 Å². The molecule has 33 heavy (non-hydrogen) atoms. The molecule has 0 aliphatic heterocycles. The third kappa shape index (κ3) is 5.94. The summed E-state index contributed by atoms with van der Waals surface area (Å²) in [6.45, 7) is 2.73. The predicted octanol–water partition coefficient (Wildman–Crippen LogP) is 6.96. The summed E-state index contributed by atoms with van der Waals surface area (Å²) in [6.07, 6.45) is 1.77. The van der Waals surface area contributed by atoms with Gasteiger partial charge in [0, 0.05) is 11.6 Å². The van der Waals surface area contributed by atoms with Gasteiger partial charge in [-0.05, 0) is 67.3 Å². The minimum absolute atomic E-state index is 0.177. The molecule has 1 heterocycles. The first-order valence-electron chi connectivity index (χ1n) is 10.2. The summed E-state index contributed by atoms with van der Waals surface area (Å²) in [5, 5.41) is 13.2. The predicted molar refractivity (Wildman–Crippen MR) is 133 cm³/mol. The van der Waals surface area contributed by atoms with Crippen molar-refractivity contribution in [3.63, 3.8) is 0 Å². The van der Waals surface area contributed by atoms with Crippen molar-refractivity contribution in [3.05, 3.63) is 76.8 Å². The smallest absolute Gasteiger partial charge is 0.294 e. The van der Waals surface area contributed by atoms with Crippen LogP contribution in [0.3, 0.4) is 0 Å². The molecule has 0 aliphatic rings. The Balaban J connectivity index is 1.47. The Kier molecular flexibility index (Phi) is 7.04. The van der Waals surface area contributed by atoms with Gasteiger partial charge in [0.05, 0.1) is 20.8 Å². The molecular weight excluding hydrogens is 480 g/mol. The third-order valence-electron chi connectivity index (χ3n) is 4.94. The molecule has 0 spiro atoms. The second kappa shape index (κ2) is 9.96. The minimum atomic E-state index is -4.27. The summed E-state index contributed by atoms with van der Waals surface area (Å²) in [5.41, 5.74) is 4.30. The number of rotatable bonds is 8. The SMILES string of the molecule is Cc1ccc(NCCCc2ccccc2Cl)c(N=Nc2nc3ccc(S(=O)(=O)O)cc3s2)c1. The molecule has 4 aromatic rings. The number of nitrogens with zero attached hydrogens (tertiary/aromatic N) is 3. The number of fused-ring (bicyclic) bond motifs is 1. The number of anilines is 1. The zero-order valence-corrected chi connectivity index (χ0v) is 20.1. The highest BCUT2D eigenvalue weighted by Crippen LogP contribution is 2.33. The first-order chi connectivity index (χ1) is 15.8. The first kappa shape index (κ1) is 23.3. The van der Waals surface area contributed by atoms with Crippen LogP contribution in [-0.4, -0.2) is 24.5 Å². The summed E-state index contributed by atoms with van der Waals surface area (Å²) in [7, 11) is -4.27. The molecule has 2 N–H and O–H groups in total. The normalized spacial score (nSPS) is 12.0. The Morgan fingerprint density at radius 1 is 1.09 bits per heavy atom. The fraction of sp³-hybridized carbons (Fsp3) is 0.174. The zero-order valence-electron chi connectivity index (χ0n) is 17.7. The maximum Gasteiger partial charge on any atom is 0.294 e. The fourth-order valence-corrected chi connectivity index (χ4v) is 4.91. The van der Waals surface area contributed by atoms with Crippen LogP contribution < -0.4 is 5.32 Å². The van der Waals surface area contributed by atoms with Crippen molar-refractivity contribution < 1.29 is 13.0 Å². The number of thiazole rings is 1. The van der Waals surface area contributed by atoms with Gasteiger partial charge in [-0.3, -0.25) is 4.55 Å². The first-order valence-corrected chi connectivity index (χ1v) is 12.8. The van der Waals surface area contributed by atoms with Gasteiger partial charge >= 0.3 is 0 Å². The zero-order chi connectivity index (χ0) is 23.4. The van der Waals surface area contributed by atoms with Crippen molar-refractivity contribution in [2.24, 2.45) is 10.2 Å². The molecule has 0 fully saturated rings. The van der Waals surface area contributed by atoms with E-state index >= 15 is 0 Å². The average Bonchev–Trinajstić information content (AvgIpc) is 3.19. The number of nitrogens with one attached hydrogen (secondary N) is 1. The number of hydrogen-bond donors (Lipinski definition) is 2. The van der Waals surface area contributed by atoms with Gasteiger partial charge in [0.1, 0.15) is 5.69 Å². The second-order valence-corrected chi connectivity index (χ2v) is 10.3. The van der Waals surface area contributed by atoms with E-state index in [9.17, 15) is 13.0 Å². The van der Waals surface area contributed by atoms with E-state index in [1.807, 2.05) is 49.4 Å². The van der Waals surface area contributed by atoms with Crippen LogP contribution in [0.2, 0.25) is 5.02 Å². The van der Waals surface area contributed by atoms with Crippen molar-refractivity contribution in [1.82, 2.24) is 4.98 Å². The van der Waals surface area contributed by atoms with E-state index in [4.69, 9.17) is 11.6 Å². The number of hydrogen-bond acceptors (Lipinski definition) is 7. The van der Waals surface area contributed by atoms with E-state index in [2.05, 4.69) is 20.5 Å². The molecule has 0 atom stereocenters. The second-order valence-electron chi connectivity index (χ2n) is 7.44. The van der Waals surface area contributed by atoms with Gasteiger partial charge in [0.2, 0.25) is 5.13 Å². The van der Waals surface area contributed by atoms with Gasteiger partial charge in [-0.1, -0.05) is 47.2 Å². The highest BCUT2D eigenvalue weighted by Gasteiger charge is 2.12. The lowest BCUT2D eigenvalue weighted by Crippen LogP contribution is -2.03. The van der Waals surface area contributed by atoms with Crippen molar-refractivity contribution in [2.45, 2.75) is 24.7 Å². The lowest BCUT2D eigenvalue weighted by atomic mass is 10.1. The van der Waals surface area contributed by atoms with Gasteiger partial charge in [0.15, 0.2) is 0 Å². The van der Waals surface area contributed by atoms with E-state index in [0.29, 0.717) is 21.0 Å². The van der Waals surface area contributed by atoms with Gasteiger partial charge in [-0.15, -0.1) is 10.2 Å². The van der Waals surface area contributed by atoms with Crippen molar-refractivity contribution in [2.75, 3.05) is 11.9 Å². The topological polar surface area (TPSA) is 104 Å². The lowest BCUT2D eigenvalue weighted by Gasteiger charge is -2.10. The minimum Gasteiger partial charge on any atom is -0.383 e. The largest absolute Gasteiger partial charge is 0.383 e. The molecule has 0 amide bonds. The summed E-state index contributed by atoms with van der Waals surface area (Å²) in [4.78, 5) is 4.19. The average molecular weight is 501 g/mol. The molecule has 170 valence electrons. The fourth-order valence-electron chi connectivity index (χ4n) is 3.27. The van der Waals surface area contributed by atoms with Crippen molar-refractivity contribution in [3.8, 4) is 0 Å². The third-order valence-corrected chi connectivity index (χ3v) is 7.06. The van der Waals surface area contributed by atoms with E-state index in [1.54, 1.807) is 0 Å². The molecule has 0 unspecified atom stereocenters. The lowest BCUT2D eigenvalue weighted by molar-refractivity contribution is 0.483. The van der Waals surface area contributed by atoms with Gasteiger partial charge in [-0.2, -0.15) is 8.42 Å². The summed E-state index contributed by atoms with van der Waals surface area (Å²) in [5.74, 6) is 0. The molecule has 0 saturated carbocycles. The Labute approximate surface area is 200 Å². The van der Waals surface area contributed by atoms with Crippen LogP contribution in [0, 0.1) is 6.92 Å². The van der Waals surface area contributed by atoms with Gasteiger partial charge in [0.25, 0.3) is 10.1 Å². The van der Waals surface area contributed by atoms with Crippen LogP contribution in [0.25, 0.3) is 10.2 Å². The monoisotopic (exact) mass is 500 g/mol. The Morgan fingerprint density at radius 3 is 2.70 bits per heavy atom. The molecule has 4 rings (SSSR count). The molecule has 7 nitrogen and oxygen atoms in total. The van der Waals surface area contributed by atoms with Gasteiger partial charge < -0.3 is 5.32 Å². The quantitative estimate of drug-likeness (QED) is 0.154. The Morgan fingerprint density at radius 2 is 1.91 bits per heavy atom. The Bertz CT molecular complexity index is 1430. The van der Waals surface area contributed by atoms with Crippen LogP contribution in [0.15, 0.2) is 75.8 Å². The summed E-state index contributed by atoms with van der Waals surface area (Å²) in [6, 6.07) is 18.0. The molecule has 3 aromatic carbocycles. The standard InChI is InChI=1S/C23H21ClN4O3S2/c1-15-8-10-19(25-12-4-6-16-5-2-3-7-18(16)24)21(13-15)27-28-23-26-20-11-9-17(33(29,30)31)14-22(20)32-23/h2-3,5,7-11,13-14,25H,4,6,12H2,1H3,(H,29,30,31). The number of aryl methyl sites for hydroxylation is 2. The van der Waals surface area contributed by atoms with Crippen LogP contribution >= 0.6 is 22.9 Å². The molecule has 0 bridgehead atoms. The van der Waals surface area contributed by atoms with Crippen molar-refractivity contribution >= 4 is 59.8 Å². The molecule has 0 radical (unpaired) electrons. The number of aromatic nitrogens is 1. The molecule has 0 saturated heterocycles. The number of halogens is 1. The highest BCUT2D eigenvalue weighted by molar-refractivity contribution is 7.85. The number of azo groups is 1. The Hall–Kier alpha value is -2.85. The van der Waals surface area contributed by atoms with Crippen LogP contribution in [0.4, 0.5) is 16.5 Å². The van der Waals surface area contributed by atoms with Crippen LogP contribution in [0.1, 0.15) is 17.5 Å². The molecule has 10 heteroatoms. The van der Waals surface area contributed by atoms with Crippen LogP contribution in [0.5, 0.6) is 0 Å². The van der Waals surface area contributed by atoms with E-state index in [0.717, 1.165) is 41.2 Å². The van der Waals surface area contributed by atoms with E-state index < -0.39 is 10.1 Å². The van der Waals surface area contributed by atoms with E-state index in [-0.39, 0.29) is 4.90 Å². The van der Waals surface area contributed by atoms with Gasteiger partial charge in [-0.25, -0.2) is 4.98 Å². The highest BCUT2D eigenvalue weighted by atomic mass is 35.5. The molecule has 0 aliphatic carbocycles. The maximum absolute atomic E-state index is 11.4. The number of benzene rings is 3. The molecular formula is C23H21ClN4O3S2.